The van der Waals surface area contributed by atoms with Gasteiger partial charge in [-0.05, 0) is 27.2 Å². The quantitative estimate of drug-likeness (QED) is 0.609. The van der Waals surface area contributed by atoms with Gasteiger partial charge in [-0.2, -0.15) is 0 Å². The van der Waals surface area contributed by atoms with Crippen molar-refractivity contribution >= 4 is 40.8 Å². The number of rotatable bonds is 7. The minimum absolute atomic E-state index is 0.241. The van der Waals surface area contributed by atoms with E-state index in [9.17, 15) is 4.79 Å². The van der Waals surface area contributed by atoms with Crippen molar-refractivity contribution < 1.29 is 9.53 Å². The third-order valence-corrected chi connectivity index (χ3v) is 5.67. The van der Waals surface area contributed by atoms with Crippen molar-refractivity contribution in [2.24, 2.45) is 0 Å². The summed E-state index contributed by atoms with van der Waals surface area (Å²) in [6.45, 7) is 4.02. The van der Waals surface area contributed by atoms with Gasteiger partial charge in [-0.3, -0.25) is 4.79 Å². The number of thioether (sulfide) groups is 2. The first-order valence-corrected chi connectivity index (χ1v) is 8.45. The Balaban J connectivity index is 2.60. The molecule has 0 aliphatic heterocycles. The molecule has 0 amide bonds. The first-order chi connectivity index (χ1) is 8.55. The summed E-state index contributed by atoms with van der Waals surface area (Å²) in [5.41, 5.74) is -0.703. The number of esters is 1. The molecule has 8 heteroatoms. The Bertz CT molecular complexity index is 399. The van der Waals surface area contributed by atoms with E-state index in [1.54, 1.807) is 25.7 Å². The topological polar surface area (TPSA) is 64.1 Å². The first kappa shape index (κ1) is 15.7. The zero-order valence-corrected chi connectivity index (χ0v) is 13.3. The van der Waals surface area contributed by atoms with Crippen molar-refractivity contribution in [3.05, 3.63) is 0 Å². The Morgan fingerprint density at radius 2 is 2.17 bits per heavy atom. The second kappa shape index (κ2) is 7.32. The van der Waals surface area contributed by atoms with E-state index in [1.165, 1.54) is 23.1 Å². The van der Waals surface area contributed by atoms with Gasteiger partial charge in [0, 0.05) is 5.75 Å². The number of hydrogen-bond acceptors (Lipinski definition) is 8. The molecule has 0 saturated heterocycles. The molecule has 0 bridgehead atoms. The van der Waals surface area contributed by atoms with E-state index >= 15 is 0 Å². The average molecular weight is 307 g/mol. The second-order valence-electron chi connectivity index (χ2n) is 3.63. The summed E-state index contributed by atoms with van der Waals surface area (Å²) < 4.78 is 6.86. The van der Waals surface area contributed by atoms with E-state index in [1.807, 2.05) is 13.2 Å². The van der Waals surface area contributed by atoms with E-state index in [-0.39, 0.29) is 5.97 Å². The largest absolute Gasteiger partial charge is 0.465 e. The third kappa shape index (κ3) is 4.11. The van der Waals surface area contributed by atoms with Crippen molar-refractivity contribution in [2.45, 2.75) is 28.1 Å². The molecule has 0 radical (unpaired) electrons. The Morgan fingerprint density at radius 3 is 2.67 bits per heavy atom. The summed E-state index contributed by atoms with van der Waals surface area (Å²) in [5.74, 6) is 0.320. The molecule has 1 heterocycles. The zero-order valence-electron chi connectivity index (χ0n) is 10.8. The number of nitrogens with one attached hydrogen (secondary N) is 1. The molecule has 1 rings (SSSR count). The van der Waals surface area contributed by atoms with Crippen LogP contribution < -0.4 is 5.32 Å². The van der Waals surface area contributed by atoms with Crippen LogP contribution in [0, 0.1) is 0 Å². The molecule has 5 nitrogen and oxygen atoms in total. The summed E-state index contributed by atoms with van der Waals surface area (Å²) in [6, 6.07) is 0. The number of likely N-dealkylation sites (N-methyl/N-ethyl adjacent to an activating group) is 1. The Morgan fingerprint density at radius 1 is 1.50 bits per heavy atom. The highest BCUT2D eigenvalue weighted by atomic mass is 32.2. The summed E-state index contributed by atoms with van der Waals surface area (Å²) in [4.78, 5) is 11.8. The summed E-state index contributed by atoms with van der Waals surface area (Å²) in [5, 5.41) is 11.1. The molecule has 0 aromatic carbocycles. The standard InChI is InChI=1S/C10H17N3O2S3/c1-5-15-7(14)10(2,11-3)6-17-9-13-12-8(16-4)18-9/h11H,5-6H2,1-4H3. The molecule has 0 aliphatic carbocycles. The number of nitrogens with zero attached hydrogens (tertiary/aromatic N) is 2. The lowest BCUT2D eigenvalue weighted by atomic mass is 10.1. The highest BCUT2D eigenvalue weighted by Crippen LogP contribution is 2.29. The van der Waals surface area contributed by atoms with Gasteiger partial charge in [-0.25, -0.2) is 0 Å². The summed E-state index contributed by atoms with van der Waals surface area (Å²) in [6.07, 6.45) is 1.96. The normalized spacial score (nSPS) is 14.2. The van der Waals surface area contributed by atoms with Gasteiger partial charge in [-0.1, -0.05) is 34.9 Å². The second-order valence-corrected chi connectivity index (χ2v) is 6.88. The fourth-order valence-electron chi connectivity index (χ4n) is 1.07. The predicted octanol–water partition coefficient (Wildman–Crippen LogP) is 1.89. The van der Waals surface area contributed by atoms with E-state index in [2.05, 4.69) is 15.5 Å². The van der Waals surface area contributed by atoms with Gasteiger partial charge in [0.25, 0.3) is 0 Å². The van der Waals surface area contributed by atoms with Gasteiger partial charge >= 0.3 is 5.97 Å². The van der Waals surface area contributed by atoms with Gasteiger partial charge in [0.15, 0.2) is 8.68 Å². The van der Waals surface area contributed by atoms with Gasteiger partial charge in [0.1, 0.15) is 5.54 Å². The van der Waals surface area contributed by atoms with Crippen LogP contribution in [-0.2, 0) is 9.53 Å². The van der Waals surface area contributed by atoms with Crippen LogP contribution >= 0.6 is 34.9 Å². The minimum atomic E-state index is -0.703. The first-order valence-electron chi connectivity index (χ1n) is 5.42. The van der Waals surface area contributed by atoms with E-state index in [0.29, 0.717) is 12.4 Å². The molecule has 0 aliphatic rings. The van der Waals surface area contributed by atoms with Crippen LogP contribution in [0.2, 0.25) is 0 Å². The maximum Gasteiger partial charge on any atom is 0.326 e. The zero-order chi connectivity index (χ0) is 13.6. The van der Waals surface area contributed by atoms with Crippen LogP contribution in [0.4, 0.5) is 0 Å². The van der Waals surface area contributed by atoms with Crippen LogP contribution in [0.15, 0.2) is 8.68 Å². The van der Waals surface area contributed by atoms with Crippen LogP contribution in [0.3, 0.4) is 0 Å². The van der Waals surface area contributed by atoms with Crippen LogP contribution in [0.25, 0.3) is 0 Å². The molecular weight excluding hydrogens is 290 g/mol. The van der Waals surface area contributed by atoms with Crippen molar-refractivity contribution in [2.75, 3.05) is 25.7 Å². The number of hydrogen-bond donors (Lipinski definition) is 1. The molecule has 1 aromatic rings. The fourth-order valence-corrected chi connectivity index (χ4v) is 3.65. The Kier molecular flexibility index (Phi) is 6.40. The van der Waals surface area contributed by atoms with Gasteiger partial charge in [-0.15, -0.1) is 10.2 Å². The molecule has 1 N–H and O–H groups in total. The van der Waals surface area contributed by atoms with Crippen molar-refractivity contribution in [1.82, 2.24) is 15.5 Å². The molecule has 102 valence electrons. The minimum Gasteiger partial charge on any atom is -0.465 e. The predicted molar refractivity (Wildman–Crippen MR) is 76.5 cm³/mol. The van der Waals surface area contributed by atoms with Crippen molar-refractivity contribution in [3.63, 3.8) is 0 Å². The molecule has 18 heavy (non-hydrogen) atoms. The highest BCUT2D eigenvalue weighted by molar-refractivity contribution is 8.03. The monoisotopic (exact) mass is 307 g/mol. The fraction of sp³-hybridized carbons (Fsp3) is 0.700. The third-order valence-electron chi connectivity index (χ3n) is 2.32. The molecule has 0 spiro atoms. The lowest BCUT2D eigenvalue weighted by molar-refractivity contribution is -0.149. The number of aromatic nitrogens is 2. The van der Waals surface area contributed by atoms with Crippen LogP contribution in [0.5, 0.6) is 0 Å². The van der Waals surface area contributed by atoms with Crippen LogP contribution in [-0.4, -0.2) is 47.4 Å². The highest BCUT2D eigenvalue weighted by Gasteiger charge is 2.33. The molecule has 0 saturated carbocycles. The maximum absolute atomic E-state index is 11.8. The van der Waals surface area contributed by atoms with Gasteiger partial charge in [0.05, 0.1) is 6.61 Å². The van der Waals surface area contributed by atoms with E-state index < -0.39 is 5.54 Å². The van der Waals surface area contributed by atoms with Gasteiger partial charge < -0.3 is 10.1 Å². The number of carbonyl (C=O) groups excluding carboxylic acids is 1. The summed E-state index contributed by atoms with van der Waals surface area (Å²) in [7, 11) is 1.75. The molecule has 0 fully saturated rings. The molecular formula is C10H17N3O2S3. The smallest absolute Gasteiger partial charge is 0.326 e. The number of carbonyl (C=O) groups is 1. The molecule has 1 unspecified atom stereocenters. The molecule has 1 aromatic heterocycles. The van der Waals surface area contributed by atoms with Crippen LogP contribution in [0.1, 0.15) is 13.8 Å². The van der Waals surface area contributed by atoms with Crippen molar-refractivity contribution in [3.8, 4) is 0 Å². The maximum atomic E-state index is 11.8. The lowest BCUT2D eigenvalue weighted by Gasteiger charge is -2.25. The SMILES string of the molecule is CCOC(=O)C(C)(CSc1nnc(SC)s1)NC. The average Bonchev–Trinajstić information content (AvgIpc) is 2.84. The van der Waals surface area contributed by atoms with Gasteiger partial charge in [0.2, 0.25) is 0 Å². The van der Waals surface area contributed by atoms with Crippen molar-refractivity contribution in [1.29, 1.82) is 0 Å². The Hall–Kier alpha value is -0.310. The number of ether oxygens (including phenoxy) is 1. The van der Waals surface area contributed by atoms with E-state index in [0.717, 1.165) is 8.68 Å². The lowest BCUT2D eigenvalue weighted by Crippen LogP contribution is -2.50. The van der Waals surface area contributed by atoms with E-state index in [4.69, 9.17) is 4.74 Å². The summed E-state index contributed by atoms with van der Waals surface area (Å²) >= 11 is 4.61. The molecule has 1 atom stereocenters. The Labute approximate surface area is 119 Å².